The van der Waals surface area contributed by atoms with Crippen LogP contribution in [-0.2, 0) is 16.1 Å². The highest BCUT2D eigenvalue weighted by Crippen LogP contribution is 2.20. The number of carbonyl (C=O) groups is 1. The third-order valence-electron chi connectivity index (χ3n) is 5.06. The Morgan fingerprint density at radius 1 is 1.33 bits per heavy atom. The number of aromatic nitrogens is 2. The summed E-state index contributed by atoms with van der Waals surface area (Å²) in [6.45, 7) is 6.05. The van der Waals surface area contributed by atoms with Crippen LogP contribution < -0.4 is 0 Å². The maximum atomic E-state index is 12.7. The standard InChI is InChI=1S/C17H29N5O2/c1-20(2)17(23)14-11-21(13-16-18-5-6-19-16)7-8-22(12-14)15-3-9-24-10-4-15/h5-6,14-15H,3-4,7-13H2,1-2H3,(H,18,19)/t14-/m1/s1. The SMILES string of the molecule is CN(C)C(=O)[C@@H]1CN(Cc2ncc[nH]2)CCN(C2CCOCC2)C1. The molecule has 1 aromatic rings. The fourth-order valence-corrected chi connectivity index (χ4v) is 3.75. The van der Waals surface area contributed by atoms with Gasteiger partial charge in [-0.15, -0.1) is 0 Å². The molecular formula is C17H29N5O2. The lowest BCUT2D eigenvalue weighted by Crippen LogP contribution is -2.45. The van der Waals surface area contributed by atoms with Crippen molar-refractivity contribution in [1.29, 1.82) is 0 Å². The number of amides is 1. The molecule has 0 unspecified atom stereocenters. The van der Waals surface area contributed by atoms with Crippen LogP contribution in [0, 0.1) is 5.92 Å². The Hall–Kier alpha value is -1.44. The van der Waals surface area contributed by atoms with Crippen molar-refractivity contribution in [2.24, 2.45) is 5.92 Å². The average molecular weight is 335 g/mol. The number of nitrogens with one attached hydrogen (secondary N) is 1. The minimum atomic E-state index is 0.0142. The molecule has 3 heterocycles. The number of hydrogen-bond acceptors (Lipinski definition) is 5. The van der Waals surface area contributed by atoms with Gasteiger partial charge in [-0.25, -0.2) is 4.98 Å². The summed E-state index contributed by atoms with van der Waals surface area (Å²) >= 11 is 0. The van der Waals surface area contributed by atoms with Crippen LogP contribution >= 0.6 is 0 Å². The van der Waals surface area contributed by atoms with Crippen molar-refractivity contribution >= 4 is 5.91 Å². The van der Waals surface area contributed by atoms with E-state index < -0.39 is 0 Å². The van der Waals surface area contributed by atoms with Crippen LogP contribution in [0.5, 0.6) is 0 Å². The zero-order valence-corrected chi connectivity index (χ0v) is 14.8. The summed E-state index contributed by atoms with van der Waals surface area (Å²) in [6.07, 6.45) is 5.77. The minimum Gasteiger partial charge on any atom is -0.381 e. The van der Waals surface area contributed by atoms with Crippen molar-refractivity contribution in [1.82, 2.24) is 24.7 Å². The zero-order chi connectivity index (χ0) is 16.9. The van der Waals surface area contributed by atoms with E-state index in [1.807, 2.05) is 20.3 Å². The van der Waals surface area contributed by atoms with Crippen LogP contribution in [0.1, 0.15) is 18.7 Å². The molecule has 1 amide bonds. The molecule has 1 N–H and O–H groups in total. The molecule has 0 bridgehead atoms. The summed E-state index contributed by atoms with van der Waals surface area (Å²) in [5.41, 5.74) is 0. The summed E-state index contributed by atoms with van der Waals surface area (Å²) in [5.74, 6) is 1.20. The van der Waals surface area contributed by atoms with Crippen LogP contribution in [0.15, 0.2) is 12.4 Å². The molecule has 2 saturated heterocycles. The van der Waals surface area contributed by atoms with Crippen LogP contribution in [0.25, 0.3) is 0 Å². The Balaban J connectivity index is 1.70. The van der Waals surface area contributed by atoms with Gasteiger partial charge in [0.05, 0.1) is 12.5 Å². The van der Waals surface area contributed by atoms with E-state index >= 15 is 0 Å². The topological polar surface area (TPSA) is 64.7 Å². The van der Waals surface area contributed by atoms with Crippen molar-refractivity contribution in [3.05, 3.63) is 18.2 Å². The number of carbonyl (C=O) groups excluding carboxylic acids is 1. The third-order valence-corrected chi connectivity index (χ3v) is 5.06. The molecule has 0 aliphatic carbocycles. The van der Waals surface area contributed by atoms with Gasteiger partial charge < -0.3 is 14.6 Å². The number of nitrogens with zero attached hydrogens (tertiary/aromatic N) is 4. The van der Waals surface area contributed by atoms with E-state index in [1.54, 1.807) is 11.1 Å². The van der Waals surface area contributed by atoms with Crippen LogP contribution in [0.4, 0.5) is 0 Å². The summed E-state index contributed by atoms with van der Waals surface area (Å²) in [4.78, 5) is 26.7. The molecule has 1 atom stereocenters. The molecule has 0 spiro atoms. The monoisotopic (exact) mass is 335 g/mol. The lowest BCUT2D eigenvalue weighted by atomic mass is 10.0. The van der Waals surface area contributed by atoms with E-state index in [2.05, 4.69) is 19.8 Å². The van der Waals surface area contributed by atoms with Crippen molar-refractivity contribution in [2.45, 2.75) is 25.4 Å². The second-order valence-corrected chi connectivity index (χ2v) is 7.04. The van der Waals surface area contributed by atoms with Gasteiger partial charge in [-0.05, 0) is 12.8 Å². The van der Waals surface area contributed by atoms with Crippen LogP contribution in [0.3, 0.4) is 0 Å². The highest BCUT2D eigenvalue weighted by molar-refractivity contribution is 5.78. The van der Waals surface area contributed by atoms with Crippen molar-refractivity contribution in [3.63, 3.8) is 0 Å². The molecular weight excluding hydrogens is 306 g/mol. The van der Waals surface area contributed by atoms with Crippen LogP contribution in [0.2, 0.25) is 0 Å². The second-order valence-electron chi connectivity index (χ2n) is 7.04. The Morgan fingerprint density at radius 3 is 2.79 bits per heavy atom. The van der Waals surface area contributed by atoms with Gasteiger partial charge >= 0.3 is 0 Å². The van der Waals surface area contributed by atoms with Gasteiger partial charge in [0.1, 0.15) is 5.82 Å². The minimum absolute atomic E-state index is 0.0142. The molecule has 7 nitrogen and oxygen atoms in total. The summed E-state index contributed by atoms with van der Waals surface area (Å²) in [7, 11) is 3.70. The molecule has 24 heavy (non-hydrogen) atoms. The van der Waals surface area contributed by atoms with E-state index in [0.29, 0.717) is 6.04 Å². The molecule has 3 rings (SSSR count). The first-order valence-corrected chi connectivity index (χ1v) is 8.87. The zero-order valence-electron chi connectivity index (χ0n) is 14.8. The molecule has 0 aromatic carbocycles. The highest BCUT2D eigenvalue weighted by Gasteiger charge is 2.32. The van der Waals surface area contributed by atoms with Gasteiger partial charge in [-0.2, -0.15) is 0 Å². The van der Waals surface area contributed by atoms with Gasteiger partial charge in [0.25, 0.3) is 0 Å². The van der Waals surface area contributed by atoms with E-state index in [9.17, 15) is 4.79 Å². The van der Waals surface area contributed by atoms with Gasteiger partial charge in [0.2, 0.25) is 5.91 Å². The van der Waals surface area contributed by atoms with E-state index in [0.717, 1.165) is 64.6 Å². The molecule has 2 aliphatic rings. The average Bonchev–Trinajstić information content (AvgIpc) is 3.00. The lowest BCUT2D eigenvalue weighted by molar-refractivity contribution is -0.134. The van der Waals surface area contributed by atoms with E-state index in [4.69, 9.17) is 4.74 Å². The predicted molar refractivity (Wildman–Crippen MR) is 91.5 cm³/mol. The number of H-pyrrole nitrogens is 1. The maximum Gasteiger partial charge on any atom is 0.227 e. The normalized spacial score (nSPS) is 24.7. The summed E-state index contributed by atoms with van der Waals surface area (Å²) < 4.78 is 5.50. The molecule has 2 aliphatic heterocycles. The van der Waals surface area contributed by atoms with Gasteiger partial charge in [0.15, 0.2) is 0 Å². The third kappa shape index (κ3) is 4.34. The van der Waals surface area contributed by atoms with Gasteiger partial charge in [-0.3, -0.25) is 14.6 Å². The summed E-state index contributed by atoms with van der Waals surface area (Å²) in [5, 5.41) is 0. The summed E-state index contributed by atoms with van der Waals surface area (Å²) in [6, 6.07) is 0.541. The van der Waals surface area contributed by atoms with Crippen molar-refractivity contribution in [2.75, 3.05) is 53.5 Å². The number of imidazole rings is 1. The number of hydrogen-bond donors (Lipinski definition) is 1. The highest BCUT2D eigenvalue weighted by atomic mass is 16.5. The van der Waals surface area contributed by atoms with Crippen molar-refractivity contribution < 1.29 is 9.53 Å². The quantitative estimate of drug-likeness (QED) is 0.863. The smallest absolute Gasteiger partial charge is 0.227 e. The number of aromatic amines is 1. The first-order valence-electron chi connectivity index (χ1n) is 8.87. The van der Waals surface area contributed by atoms with E-state index in [1.165, 1.54) is 0 Å². The molecule has 7 heteroatoms. The van der Waals surface area contributed by atoms with Gasteiger partial charge in [0, 0.05) is 71.9 Å². The second kappa shape index (κ2) is 8.09. The van der Waals surface area contributed by atoms with Crippen LogP contribution in [-0.4, -0.2) is 90.1 Å². The number of ether oxygens (including phenoxy) is 1. The molecule has 134 valence electrons. The Kier molecular flexibility index (Phi) is 5.86. The first-order chi connectivity index (χ1) is 11.6. The Bertz CT molecular complexity index is 513. The van der Waals surface area contributed by atoms with Crippen molar-refractivity contribution in [3.8, 4) is 0 Å². The van der Waals surface area contributed by atoms with Gasteiger partial charge in [-0.1, -0.05) is 0 Å². The molecule has 0 radical (unpaired) electrons. The lowest BCUT2D eigenvalue weighted by Gasteiger charge is -2.34. The fraction of sp³-hybridized carbons (Fsp3) is 0.765. The molecule has 1 aromatic heterocycles. The predicted octanol–water partition coefficient (Wildman–Crippen LogP) is 0.411. The maximum absolute atomic E-state index is 12.7. The fourth-order valence-electron chi connectivity index (χ4n) is 3.75. The number of rotatable bonds is 4. The first kappa shape index (κ1) is 17.4. The largest absolute Gasteiger partial charge is 0.381 e. The Morgan fingerprint density at radius 2 is 2.12 bits per heavy atom. The Labute approximate surface area is 144 Å². The molecule has 0 saturated carbocycles. The van der Waals surface area contributed by atoms with E-state index in [-0.39, 0.29) is 11.8 Å². The molecule has 2 fully saturated rings.